The van der Waals surface area contributed by atoms with Gasteiger partial charge in [-0.3, -0.25) is 4.79 Å². The van der Waals surface area contributed by atoms with Crippen molar-refractivity contribution in [3.05, 3.63) is 17.7 Å². The molecule has 6 heteroatoms. The number of fused-ring (bicyclic) bond motifs is 1. The topological polar surface area (TPSA) is 77.0 Å². The number of rotatable bonds is 5. The van der Waals surface area contributed by atoms with E-state index in [-0.39, 0.29) is 19.3 Å². The van der Waals surface area contributed by atoms with Crippen LogP contribution in [0.4, 0.5) is 0 Å². The average molecular weight is 253 g/mol. The van der Waals surface area contributed by atoms with E-state index in [1.165, 1.54) is 7.11 Å². The lowest BCUT2D eigenvalue weighted by molar-refractivity contribution is -0.137. The van der Waals surface area contributed by atoms with Crippen LogP contribution in [-0.2, 0) is 4.79 Å². The first-order chi connectivity index (χ1) is 8.65. The lowest BCUT2D eigenvalue weighted by atomic mass is 10.0. The monoisotopic (exact) mass is 253 g/mol. The number of nitrogens with one attached hydrogen (secondary N) is 1. The van der Waals surface area contributed by atoms with Crippen LogP contribution in [0.5, 0.6) is 17.2 Å². The molecule has 1 heterocycles. The number of methoxy groups -OCH3 is 1. The largest absolute Gasteiger partial charge is 0.493 e. The van der Waals surface area contributed by atoms with Crippen molar-refractivity contribution in [1.82, 2.24) is 5.32 Å². The molecule has 2 rings (SSSR count). The fourth-order valence-electron chi connectivity index (χ4n) is 1.91. The molecule has 1 atom stereocenters. The molecule has 1 aliphatic heterocycles. The summed E-state index contributed by atoms with van der Waals surface area (Å²) < 4.78 is 15.8. The minimum atomic E-state index is -0.869. The van der Waals surface area contributed by atoms with Crippen LogP contribution in [-0.4, -0.2) is 32.0 Å². The predicted octanol–water partition coefficient (Wildman–Crippen LogP) is 1.16. The molecule has 0 radical (unpaired) electrons. The standard InChI is InChI=1S/C12H15NO5/c1-13-8(5-11(14)15)7-3-9(16-2)12-10(4-7)17-6-18-12/h3-4,8,13H,5-6H2,1-2H3,(H,14,15). The van der Waals surface area contributed by atoms with Gasteiger partial charge in [0.1, 0.15) is 0 Å². The van der Waals surface area contributed by atoms with Crippen LogP contribution in [0.25, 0.3) is 0 Å². The van der Waals surface area contributed by atoms with Crippen molar-refractivity contribution in [2.75, 3.05) is 21.0 Å². The Kier molecular flexibility index (Phi) is 3.57. The van der Waals surface area contributed by atoms with Crippen molar-refractivity contribution in [3.8, 4) is 17.2 Å². The van der Waals surface area contributed by atoms with E-state index >= 15 is 0 Å². The Morgan fingerprint density at radius 1 is 1.56 bits per heavy atom. The molecule has 0 saturated carbocycles. The highest BCUT2D eigenvalue weighted by atomic mass is 16.7. The fourth-order valence-corrected chi connectivity index (χ4v) is 1.91. The number of hydrogen-bond donors (Lipinski definition) is 2. The van der Waals surface area contributed by atoms with E-state index in [0.717, 1.165) is 5.56 Å². The van der Waals surface area contributed by atoms with Gasteiger partial charge < -0.3 is 24.6 Å². The lowest BCUT2D eigenvalue weighted by Gasteiger charge is -2.16. The number of carboxylic acids is 1. The summed E-state index contributed by atoms with van der Waals surface area (Å²) in [5, 5.41) is 11.8. The van der Waals surface area contributed by atoms with Gasteiger partial charge in [-0.25, -0.2) is 0 Å². The minimum Gasteiger partial charge on any atom is -0.493 e. The van der Waals surface area contributed by atoms with Gasteiger partial charge >= 0.3 is 5.97 Å². The van der Waals surface area contributed by atoms with Crippen LogP contribution in [0.3, 0.4) is 0 Å². The molecule has 1 aromatic carbocycles. The van der Waals surface area contributed by atoms with Crippen molar-refractivity contribution < 1.29 is 24.1 Å². The van der Waals surface area contributed by atoms with E-state index in [0.29, 0.717) is 17.2 Å². The quantitative estimate of drug-likeness (QED) is 0.820. The SMILES string of the molecule is CNC(CC(=O)O)c1cc(OC)c2c(c1)OCO2. The summed E-state index contributed by atoms with van der Waals surface area (Å²) >= 11 is 0. The molecule has 1 unspecified atom stereocenters. The number of ether oxygens (including phenoxy) is 3. The third kappa shape index (κ3) is 2.33. The highest BCUT2D eigenvalue weighted by molar-refractivity contribution is 5.68. The first kappa shape index (κ1) is 12.5. The molecule has 0 fully saturated rings. The summed E-state index contributed by atoms with van der Waals surface area (Å²) in [5.41, 5.74) is 0.793. The van der Waals surface area contributed by atoms with E-state index in [9.17, 15) is 4.79 Å². The Morgan fingerprint density at radius 3 is 2.94 bits per heavy atom. The Labute approximate surface area is 104 Å². The Morgan fingerprint density at radius 2 is 2.33 bits per heavy atom. The van der Waals surface area contributed by atoms with E-state index < -0.39 is 5.97 Å². The predicted molar refractivity (Wildman–Crippen MR) is 63.2 cm³/mol. The zero-order valence-electron chi connectivity index (χ0n) is 10.2. The highest BCUT2D eigenvalue weighted by Crippen LogP contribution is 2.43. The maximum atomic E-state index is 10.8. The molecule has 0 aromatic heterocycles. The third-order valence-electron chi connectivity index (χ3n) is 2.81. The number of hydrogen-bond acceptors (Lipinski definition) is 5. The normalized spacial score (nSPS) is 14.3. The lowest BCUT2D eigenvalue weighted by Crippen LogP contribution is -2.19. The van der Waals surface area contributed by atoms with E-state index in [4.69, 9.17) is 19.3 Å². The first-order valence-corrected chi connectivity index (χ1v) is 5.52. The second-order valence-electron chi connectivity index (χ2n) is 3.90. The molecule has 0 amide bonds. The Balaban J connectivity index is 2.35. The fraction of sp³-hybridized carbons (Fsp3) is 0.417. The zero-order valence-corrected chi connectivity index (χ0v) is 10.2. The summed E-state index contributed by atoms with van der Waals surface area (Å²) in [5.74, 6) is 0.818. The number of carbonyl (C=O) groups is 1. The van der Waals surface area contributed by atoms with E-state index in [1.54, 1.807) is 19.2 Å². The van der Waals surface area contributed by atoms with Crippen molar-refractivity contribution >= 4 is 5.97 Å². The van der Waals surface area contributed by atoms with Gasteiger partial charge in [0.05, 0.1) is 13.5 Å². The molecule has 6 nitrogen and oxygen atoms in total. The van der Waals surface area contributed by atoms with Gasteiger partial charge in [0, 0.05) is 6.04 Å². The molecule has 98 valence electrons. The van der Waals surface area contributed by atoms with Gasteiger partial charge in [0.25, 0.3) is 0 Å². The van der Waals surface area contributed by atoms with Crippen molar-refractivity contribution in [2.45, 2.75) is 12.5 Å². The molecular formula is C12H15NO5. The summed E-state index contributed by atoms with van der Waals surface area (Å²) in [6.07, 6.45) is -0.0146. The van der Waals surface area contributed by atoms with E-state index in [2.05, 4.69) is 5.32 Å². The molecule has 18 heavy (non-hydrogen) atoms. The molecule has 0 bridgehead atoms. The Bertz CT molecular complexity index is 460. The molecular weight excluding hydrogens is 238 g/mol. The summed E-state index contributed by atoms with van der Waals surface area (Å²) in [6, 6.07) is 3.23. The van der Waals surface area contributed by atoms with Crippen LogP contribution >= 0.6 is 0 Å². The maximum Gasteiger partial charge on any atom is 0.305 e. The Hall–Kier alpha value is -1.95. The van der Waals surface area contributed by atoms with Crippen LogP contribution in [0.15, 0.2) is 12.1 Å². The molecule has 1 aliphatic rings. The average Bonchev–Trinajstić information content (AvgIpc) is 2.82. The van der Waals surface area contributed by atoms with Gasteiger partial charge in [0.15, 0.2) is 11.5 Å². The molecule has 0 saturated heterocycles. The molecule has 0 aliphatic carbocycles. The van der Waals surface area contributed by atoms with Gasteiger partial charge in [0.2, 0.25) is 12.5 Å². The number of benzene rings is 1. The van der Waals surface area contributed by atoms with Gasteiger partial charge in [-0.2, -0.15) is 0 Å². The second-order valence-corrected chi connectivity index (χ2v) is 3.90. The van der Waals surface area contributed by atoms with Crippen molar-refractivity contribution in [2.24, 2.45) is 0 Å². The minimum absolute atomic E-state index is 0.0146. The van der Waals surface area contributed by atoms with Crippen LogP contribution in [0, 0.1) is 0 Å². The van der Waals surface area contributed by atoms with Gasteiger partial charge in [-0.05, 0) is 24.7 Å². The van der Waals surface area contributed by atoms with Gasteiger partial charge in [-0.15, -0.1) is 0 Å². The van der Waals surface area contributed by atoms with Crippen LogP contribution < -0.4 is 19.5 Å². The maximum absolute atomic E-state index is 10.8. The summed E-state index contributed by atoms with van der Waals surface area (Å²) in [4.78, 5) is 10.8. The smallest absolute Gasteiger partial charge is 0.305 e. The van der Waals surface area contributed by atoms with Crippen LogP contribution in [0.2, 0.25) is 0 Å². The number of carboxylic acid groups (broad SMARTS) is 1. The summed E-state index contributed by atoms with van der Waals surface area (Å²) in [6.45, 7) is 0.151. The summed E-state index contributed by atoms with van der Waals surface area (Å²) in [7, 11) is 3.25. The molecule has 1 aromatic rings. The zero-order chi connectivity index (χ0) is 13.1. The van der Waals surface area contributed by atoms with Gasteiger partial charge in [-0.1, -0.05) is 0 Å². The van der Waals surface area contributed by atoms with Crippen molar-refractivity contribution in [3.63, 3.8) is 0 Å². The molecule has 2 N–H and O–H groups in total. The highest BCUT2D eigenvalue weighted by Gasteiger charge is 2.23. The van der Waals surface area contributed by atoms with Crippen LogP contribution in [0.1, 0.15) is 18.0 Å². The second kappa shape index (κ2) is 5.14. The first-order valence-electron chi connectivity index (χ1n) is 5.52. The van der Waals surface area contributed by atoms with E-state index in [1.807, 2.05) is 0 Å². The van der Waals surface area contributed by atoms with Crippen molar-refractivity contribution in [1.29, 1.82) is 0 Å². The number of aliphatic carboxylic acids is 1. The molecule has 0 spiro atoms. The third-order valence-corrected chi connectivity index (χ3v) is 2.81.